The lowest BCUT2D eigenvalue weighted by Gasteiger charge is -2.26. The Bertz CT molecular complexity index is 154. The van der Waals surface area contributed by atoms with E-state index in [0.29, 0.717) is 12.2 Å². The molecule has 0 radical (unpaired) electrons. The second-order valence-electron chi connectivity index (χ2n) is 5.26. The molecule has 2 aliphatic heterocycles. The van der Waals surface area contributed by atoms with Crippen molar-refractivity contribution in [2.75, 3.05) is 13.2 Å². The predicted molar refractivity (Wildman–Crippen MR) is 65.7 cm³/mol. The third-order valence-corrected chi connectivity index (χ3v) is 3.89. The van der Waals surface area contributed by atoms with E-state index < -0.39 is 0 Å². The highest BCUT2D eigenvalue weighted by molar-refractivity contribution is 4.67. The van der Waals surface area contributed by atoms with Crippen LogP contribution in [0.5, 0.6) is 0 Å². The van der Waals surface area contributed by atoms with E-state index in [1.807, 2.05) is 0 Å². The lowest BCUT2D eigenvalue weighted by molar-refractivity contribution is -0.0561. The van der Waals surface area contributed by atoms with Gasteiger partial charge in [0.25, 0.3) is 0 Å². The van der Waals surface area contributed by atoms with Crippen molar-refractivity contribution in [3.8, 4) is 0 Å². The quantitative estimate of drug-likeness (QED) is 0.558. The highest BCUT2D eigenvalue weighted by Gasteiger charge is 2.17. The number of hydrogen-bond acceptors (Lipinski definition) is 2. The van der Waals surface area contributed by atoms with Gasteiger partial charge in [-0.1, -0.05) is 38.5 Å². The smallest absolute Gasteiger partial charge is 0.0597 e. The SMILES string of the molecule is C(CCCCC1CCO1)CCCC1CCO1. The molecule has 0 aromatic rings. The molecule has 0 aromatic carbocycles. The summed E-state index contributed by atoms with van der Waals surface area (Å²) in [6.07, 6.45) is 14.8. The first-order valence-electron chi connectivity index (χ1n) is 7.18. The molecule has 94 valence electrons. The minimum absolute atomic E-state index is 0.621. The Labute approximate surface area is 99.7 Å². The van der Waals surface area contributed by atoms with Crippen molar-refractivity contribution >= 4 is 0 Å². The number of hydrogen-bond donors (Lipinski definition) is 0. The van der Waals surface area contributed by atoms with Crippen molar-refractivity contribution in [1.29, 1.82) is 0 Å². The van der Waals surface area contributed by atoms with Crippen LogP contribution >= 0.6 is 0 Å². The summed E-state index contributed by atoms with van der Waals surface area (Å²) in [5, 5.41) is 0. The standard InChI is InChI=1S/C14H26O2/c1(3-5-7-13-9-11-15-13)2-4-6-8-14-10-12-16-14/h13-14H,1-12H2. The minimum atomic E-state index is 0.621. The van der Waals surface area contributed by atoms with Crippen molar-refractivity contribution in [3.05, 3.63) is 0 Å². The molecule has 0 bridgehead atoms. The molecule has 16 heavy (non-hydrogen) atoms. The van der Waals surface area contributed by atoms with Crippen LogP contribution in [0.4, 0.5) is 0 Å². The average molecular weight is 226 g/mol. The third kappa shape index (κ3) is 4.42. The molecule has 2 atom stereocenters. The minimum Gasteiger partial charge on any atom is -0.378 e. The van der Waals surface area contributed by atoms with Crippen LogP contribution < -0.4 is 0 Å². The molecule has 0 aromatic heterocycles. The summed E-state index contributed by atoms with van der Waals surface area (Å²) in [5.41, 5.74) is 0. The van der Waals surface area contributed by atoms with E-state index in [2.05, 4.69) is 0 Å². The van der Waals surface area contributed by atoms with Crippen LogP contribution in [0.1, 0.15) is 64.2 Å². The normalized spacial score (nSPS) is 28.5. The Morgan fingerprint density at radius 1 is 0.625 bits per heavy atom. The van der Waals surface area contributed by atoms with Crippen LogP contribution in [-0.4, -0.2) is 25.4 Å². The van der Waals surface area contributed by atoms with Gasteiger partial charge in [0.15, 0.2) is 0 Å². The molecule has 2 rings (SSSR count). The van der Waals surface area contributed by atoms with Gasteiger partial charge >= 0.3 is 0 Å². The van der Waals surface area contributed by atoms with Crippen LogP contribution in [0.3, 0.4) is 0 Å². The maximum absolute atomic E-state index is 5.41. The lowest BCUT2D eigenvalue weighted by atomic mass is 10.0. The van der Waals surface area contributed by atoms with E-state index >= 15 is 0 Å². The molecule has 0 amide bonds. The van der Waals surface area contributed by atoms with E-state index in [1.165, 1.54) is 64.2 Å². The Balaban J connectivity index is 1.27. The highest BCUT2D eigenvalue weighted by Crippen LogP contribution is 2.20. The van der Waals surface area contributed by atoms with Crippen molar-refractivity contribution < 1.29 is 9.47 Å². The van der Waals surface area contributed by atoms with Gasteiger partial charge in [-0.2, -0.15) is 0 Å². The van der Waals surface area contributed by atoms with Gasteiger partial charge in [-0.25, -0.2) is 0 Å². The average Bonchev–Trinajstić information content (AvgIpc) is 2.15. The van der Waals surface area contributed by atoms with Crippen molar-refractivity contribution in [1.82, 2.24) is 0 Å². The van der Waals surface area contributed by atoms with E-state index in [4.69, 9.17) is 9.47 Å². The highest BCUT2D eigenvalue weighted by atomic mass is 16.5. The summed E-state index contributed by atoms with van der Waals surface area (Å²) in [7, 11) is 0. The fourth-order valence-corrected chi connectivity index (χ4v) is 2.48. The summed E-state index contributed by atoms with van der Waals surface area (Å²) >= 11 is 0. The zero-order valence-electron chi connectivity index (χ0n) is 10.5. The van der Waals surface area contributed by atoms with Crippen LogP contribution in [0.2, 0.25) is 0 Å². The van der Waals surface area contributed by atoms with Gasteiger partial charge in [0.1, 0.15) is 0 Å². The zero-order valence-corrected chi connectivity index (χ0v) is 10.5. The lowest BCUT2D eigenvalue weighted by Crippen LogP contribution is -2.26. The van der Waals surface area contributed by atoms with Gasteiger partial charge in [-0.15, -0.1) is 0 Å². The first kappa shape index (κ1) is 12.4. The van der Waals surface area contributed by atoms with Gasteiger partial charge < -0.3 is 9.47 Å². The number of unbranched alkanes of at least 4 members (excludes halogenated alkanes) is 5. The first-order chi connectivity index (χ1) is 7.95. The fraction of sp³-hybridized carbons (Fsp3) is 1.00. The molecule has 2 aliphatic rings. The van der Waals surface area contributed by atoms with Gasteiger partial charge in [0.05, 0.1) is 12.2 Å². The largest absolute Gasteiger partial charge is 0.378 e. The van der Waals surface area contributed by atoms with Crippen molar-refractivity contribution in [2.45, 2.75) is 76.4 Å². The molecule has 2 fully saturated rings. The molecule has 2 heterocycles. The Morgan fingerprint density at radius 3 is 1.31 bits per heavy atom. The second-order valence-corrected chi connectivity index (χ2v) is 5.26. The monoisotopic (exact) mass is 226 g/mol. The third-order valence-electron chi connectivity index (χ3n) is 3.89. The molecular weight excluding hydrogens is 200 g/mol. The Hall–Kier alpha value is -0.0800. The zero-order chi connectivity index (χ0) is 11.1. The van der Waals surface area contributed by atoms with Gasteiger partial charge in [-0.05, 0) is 25.7 Å². The second kappa shape index (κ2) is 7.29. The first-order valence-corrected chi connectivity index (χ1v) is 7.18. The maximum atomic E-state index is 5.41. The maximum Gasteiger partial charge on any atom is 0.0597 e. The Morgan fingerprint density at radius 2 is 1.00 bits per heavy atom. The van der Waals surface area contributed by atoms with Crippen LogP contribution in [0.25, 0.3) is 0 Å². The van der Waals surface area contributed by atoms with Crippen molar-refractivity contribution in [3.63, 3.8) is 0 Å². The molecule has 2 nitrogen and oxygen atoms in total. The van der Waals surface area contributed by atoms with Gasteiger partial charge in [0, 0.05) is 13.2 Å². The summed E-state index contributed by atoms with van der Waals surface area (Å²) in [4.78, 5) is 0. The summed E-state index contributed by atoms with van der Waals surface area (Å²) in [5.74, 6) is 0. The molecule has 0 saturated carbocycles. The topological polar surface area (TPSA) is 18.5 Å². The molecule has 0 aliphatic carbocycles. The van der Waals surface area contributed by atoms with Crippen LogP contribution in [0, 0.1) is 0 Å². The fourth-order valence-electron chi connectivity index (χ4n) is 2.48. The van der Waals surface area contributed by atoms with E-state index in [9.17, 15) is 0 Å². The predicted octanol–water partition coefficient (Wildman–Crippen LogP) is 3.69. The number of rotatable bonds is 9. The Kier molecular flexibility index (Phi) is 5.64. The molecule has 2 saturated heterocycles. The summed E-state index contributed by atoms with van der Waals surface area (Å²) in [6.45, 7) is 2.02. The molecular formula is C14H26O2. The van der Waals surface area contributed by atoms with E-state index in [0.717, 1.165) is 13.2 Å². The van der Waals surface area contributed by atoms with E-state index in [1.54, 1.807) is 0 Å². The van der Waals surface area contributed by atoms with E-state index in [-0.39, 0.29) is 0 Å². The van der Waals surface area contributed by atoms with Gasteiger partial charge in [-0.3, -0.25) is 0 Å². The molecule has 0 N–H and O–H groups in total. The molecule has 2 heteroatoms. The van der Waals surface area contributed by atoms with Crippen LogP contribution in [0.15, 0.2) is 0 Å². The summed E-state index contributed by atoms with van der Waals surface area (Å²) in [6, 6.07) is 0. The molecule has 2 unspecified atom stereocenters. The number of ether oxygens (including phenoxy) is 2. The van der Waals surface area contributed by atoms with Crippen molar-refractivity contribution in [2.24, 2.45) is 0 Å². The summed E-state index contributed by atoms with van der Waals surface area (Å²) < 4.78 is 10.8. The molecule has 0 spiro atoms. The van der Waals surface area contributed by atoms with Crippen LogP contribution in [-0.2, 0) is 9.47 Å². The van der Waals surface area contributed by atoms with Gasteiger partial charge in [0.2, 0.25) is 0 Å².